The molecule has 3 rings (SSSR count). The van der Waals surface area contributed by atoms with Gasteiger partial charge in [-0.15, -0.1) is 0 Å². The van der Waals surface area contributed by atoms with Crippen LogP contribution in [0.15, 0.2) is 59.4 Å². The Morgan fingerprint density at radius 2 is 2.10 bits per heavy atom. The molecule has 0 aliphatic heterocycles. The number of ether oxygens (including phenoxy) is 2. The SMILES string of the molecule is CN=C(N)/C(=C\Nc1ccccn1)C(CC=O)c1ccc(OC2CCCC2)c(OC)c1. The van der Waals surface area contributed by atoms with E-state index in [1.165, 1.54) is 12.8 Å². The average Bonchev–Trinajstić information content (AvgIpc) is 3.32. The van der Waals surface area contributed by atoms with Crippen LogP contribution in [-0.2, 0) is 4.79 Å². The number of benzene rings is 1. The highest BCUT2D eigenvalue weighted by molar-refractivity contribution is 5.99. The lowest BCUT2D eigenvalue weighted by Crippen LogP contribution is -2.22. The van der Waals surface area contributed by atoms with Crippen LogP contribution in [0.4, 0.5) is 5.82 Å². The number of nitrogens with one attached hydrogen (secondary N) is 1. The Morgan fingerprint density at radius 1 is 1.29 bits per heavy atom. The van der Waals surface area contributed by atoms with E-state index in [-0.39, 0.29) is 18.4 Å². The molecule has 1 aliphatic rings. The highest BCUT2D eigenvalue weighted by atomic mass is 16.5. The van der Waals surface area contributed by atoms with Gasteiger partial charge < -0.3 is 25.3 Å². The summed E-state index contributed by atoms with van der Waals surface area (Å²) in [6, 6.07) is 11.4. The number of hydrogen-bond donors (Lipinski definition) is 2. The van der Waals surface area contributed by atoms with E-state index in [1.54, 1.807) is 26.6 Å². The number of nitrogens with zero attached hydrogens (tertiary/aromatic N) is 2. The Labute approximate surface area is 183 Å². The molecule has 3 N–H and O–H groups in total. The molecule has 0 saturated heterocycles. The quantitative estimate of drug-likeness (QED) is 0.340. The van der Waals surface area contributed by atoms with Gasteiger partial charge in [0.1, 0.15) is 17.9 Å². The number of aldehydes is 1. The highest BCUT2D eigenvalue weighted by Crippen LogP contribution is 2.37. The molecule has 7 heteroatoms. The van der Waals surface area contributed by atoms with Gasteiger partial charge in [0.15, 0.2) is 11.5 Å². The molecule has 1 aromatic carbocycles. The second-order valence-corrected chi connectivity index (χ2v) is 7.46. The minimum Gasteiger partial charge on any atom is -0.493 e. The van der Waals surface area contributed by atoms with Crippen molar-refractivity contribution in [2.24, 2.45) is 10.7 Å². The summed E-state index contributed by atoms with van der Waals surface area (Å²) < 4.78 is 11.7. The number of anilines is 1. The van der Waals surface area contributed by atoms with Crippen LogP contribution in [0.2, 0.25) is 0 Å². The molecule has 1 atom stereocenters. The number of pyridine rings is 1. The molecule has 1 fully saturated rings. The maximum Gasteiger partial charge on any atom is 0.161 e. The third-order valence-electron chi connectivity index (χ3n) is 5.47. The first kappa shape index (κ1) is 22.3. The minimum absolute atomic E-state index is 0.228. The molecule has 0 bridgehead atoms. The highest BCUT2D eigenvalue weighted by Gasteiger charge is 2.23. The number of rotatable bonds is 10. The maximum absolute atomic E-state index is 11.5. The number of carbonyl (C=O) groups excluding carboxylic acids is 1. The Balaban J connectivity index is 1.92. The van der Waals surface area contributed by atoms with Crippen LogP contribution in [0.1, 0.15) is 43.6 Å². The zero-order valence-electron chi connectivity index (χ0n) is 18.1. The number of methoxy groups -OCH3 is 1. The summed E-state index contributed by atoms with van der Waals surface area (Å²) in [4.78, 5) is 19.9. The number of aromatic nitrogens is 1. The van der Waals surface area contributed by atoms with E-state index in [2.05, 4.69) is 15.3 Å². The second-order valence-electron chi connectivity index (χ2n) is 7.46. The lowest BCUT2D eigenvalue weighted by Gasteiger charge is -2.21. The number of nitrogens with two attached hydrogens (primary N) is 1. The summed E-state index contributed by atoms with van der Waals surface area (Å²) in [5.41, 5.74) is 7.80. The average molecular weight is 423 g/mol. The Morgan fingerprint density at radius 3 is 2.74 bits per heavy atom. The molecule has 0 amide bonds. The Bertz CT molecular complexity index is 922. The first-order valence-electron chi connectivity index (χ1n) is 10.5. The monoisotopic (exact) mass is 422 g/mol. The van der Waals surface area contributed by atoms with Gasteiger partial charge in [0.25, 0.3) is 0 Å². The predicted octanol–water partition coefficient (Wildman–Crippen LogP) is 4.07. The van der Waals surface area contributed by atoms with Crippen molar-refractivity contribution in [1.82, 2.24) is 4.98 Å². The normalized spacial score (nSPS) is 16.1. The largest absolute Gasteiger partial charge is 0.493 e. The van der Waals surface area contributed by atoms with E-state index >= 15 is 0 Å². The van der Waals surface area contributed by atoms with Gasteiger partial charge in [0.2, 0.25) is 0 Å². The van der Waals surface area contributed by atoms with E-state index in [1.807, 2.05) is 36.4 Å². The Hall–Kier alpha value is -3.35. The molecular formula is C24H30N4O3. The van der Waals surface area contributed by atoms with Crippen LogP contribution in [-0.4, -0.2) is 37.4 Å². The zero-order valence-corrected chi connectivity index (χ0v) is 18.1. The van der Waals surface area contributed by atoms with E-state index in [0.29, 0.717) is 23.0 Å². The zero-order chi connectivity index (χ0) is 22.1. The van der Waals surface area contributed by atoms with Gasteiger partial charge in [-0.1, -0.05) is 12.1 Å². The van der Waals surface area contributed by atoms with Gasteiger partial charge in [-0.25, -0.2) is 4.98 Å². The van der Waals surface area contributed by atoms with Gasteiger partial charge in [-0.05, 0) is 55.5 Å². The maximum atomic E-state index is 11.5. The van der Waals surface area contributed by atoms with Crippen molar-refractivity contribution in [3.63, 3.8) is 0 Å². The minimum atomic E-state index is -0.299. The summed E-state index contributed by atoms with van der Waals surface area (Å²) in [6.45, 7) is 0. The summed E-state index contributed by atoms with van der Waals surface area (Å²) in [5.74, 6) is 2.08. The molecule has 7 nitrogen and oxygen atoms in total. The number of aliphatic imine (C=N–C) groups is 1. The summed E-state index contributed by atoms with van der Waals surface area (Å²) >= 11 is 0. The molecule has 164 valence electrons. The molecule has 2 aromatic rings. The topological polar surface area (TPSA) is 98.8 Å². The molecule has 1 aliphatic carbocycles. The lowest BCUT2D eigenvalue weighted by molar-refractivity contribution is -0.108. The molecule has 0 spiro atoms. The third-order valence-corrected chi connectivity index (χ3v) is 5.47. The predicted molar refractivity (Wildman–Crippen MR) is 123 cm³/mol. The lowest BCUT2D eigenvalue weighted by atomic mass is 9.88. The van der Waals surface area contributed by atoms with Crippen LogP contribution in [0.5, 0.6) is 11.5 Å². The van der Waals surface area contributed by atoms with Crippen molar-refractivity contribution in [2.45, 2.75) is 44.1 Å². The van der Waals surface area contributed by atoms with Crippen molar-refractivity contribution in [2.75, 3.05) is 19.5 Å². The van der Waals surface area contributed by atoms with Crippen LogP contribution >= 0.6 is 0 Å². The van der Waals surface area contributed by atoms with Crippen LogP contribution in [0, 0.1) is 0 Å². The van der Waals surface area contributed by atoms with Crippen LogP contribution < -0.4 is 20.5 Å². The summed E-state index contributed by atoms with van der Waals surface area (Å²) in [5, 5.41) is 3.15. The third kappa shape index (κ3) is 5.84. The number of hydrogen-bond acceptors (Lipinski definition) is 6. The van der Waals surface area contributed by atoms with Crippen molar-refractivity contribution in [1.29, 1.82) is 0 Å². The number of carbonyl (C=O) groups is 1. The van der Waals surface area contributed by atoms with Crippen molar-refractivity contribution >= 4 is 17.9 Å². The molecule has 1 unspecified atom stereocenters. The van der Waals surface area contributed by atoms with Gasteiger partial charge in [-0.3, -0.25) is 4.99 Å². The van der Waals surface area contributed by atoms with E-state index < -0.39 is 0 Å². The first-order chi connectivity index (χ1) is 15.2. The summed E-state index contributed by atoms with van der Waals surface area (Å²) in [6.07, 6.45) is 9.33. The molecular weight excluding hydrogens is 392 g/mol. The van der Waals surface area contributed by atoms with Crippen molar-refractivity contribution < 1.29 is 14.3 Å². The fourth-order valence-electron chi connectivity index (χ4n) is 3.80. The molecule has 1 aromatic heterocycles. The van der Waals surface area contributed by atoms with E-state index in [9.17, 15) is 4.79 Å². The van der Waals surface area contributed by atoms with Crippen molar-refractivity contribution in [3.8, 4) is 11.5 Å². The van der Waals surface area contributed by atoms with Crippen LogP contribution in [0.25, 0.3) is 0 Å². The van der Waals surface area contributed by atoms with Gasteiger partial charge in [-0.2, -0.15) is 0 Å². The number of amidine groups is 1. The fraction of sp³-hybridized carbons (Fsp3) is 0.375. The van der Waals surface area contributed by atoms with E-state index in [4.69, 9.17) is 15.2 Å². The van der Waals surface area contributed by atoms with Gasteiger partial charge in [0.05, 0.1) is 13.2 Å². The fourth-order valence-corrected chi connectivity index (χ4v) is 3.80. The Kier molecular flexibility index (Phi) is 8.04. The molecule has 0 radical (unpaired) electrons. The molecule has 1 saturated carbocycles. The molecule has 1 heterocycles. The standard InChI is InChI=1S/C24H30N4O3/c1-26-24(25)20(16-28-23-9-5-6-13-27-23)19(12-14-29)17-10-11-21(22(15-17)30-2)31-18-7-3-4-8-18/h5-6,9-11,13-16,18-19H,3-4,7-8,12H2,1-2H3,(H2,25,26)(H,27,28)/b20-16-. The second kappa shape index (κ2) is 11.2. The molecule has 31 heavy (non-hydrogen) atoms. The first-order valence-corrected chi connectivity index (χ1v) is 10.5. The van der Waals surface area contributed by atoms with E-state index in [0.717, 1.165) is 30.4 Å². The van der Waals surface area contributed by atoms with Gasteiger partial charge >= 0.3 is 0 Å². The van der Waals surface area contributed by atoms with Crippen LogP contribution in [0.3, 0.4) is 0 Å². The summed E-state index contributed by atoms with van der Waals surface area (Å²) in [7, 11) is 3.25. The smallest absolute Gasteiger partial charge is 0.161 e. The van der Waals surface area contributed by atoms with Gasteiger partial charge in [0, 0.05) is 37.4 Å². The van der Waals surface area contributed by atoms with Crippen molar-refractivity contribution in [3.05, 3.63) is 59.9 Å².